The van der Waals surface area contributed by atoms with E-state index in [4.69, 9.17) is 11.5 Å². The van der Waals surface area contributed by atoms with Crippen molar-refractivity contribution in [1.82, 2.24) is 4.98 Å². The van der Waals surface area contributed by atoms with Crippen molar-refractivity contribution in [2.24, 2.45) is 0 Å². The molecule has 0 aliphatic carbocycles. The second kappa shape index (κ2) is 4.75. The lowest BCUT2D eigenvalue weighted by Crippen LogP contribution is -2.04. The molecule has 0 spiro atoms. The number of pyridine rings is 1. The van der Waals surface area contributed by atoms with Gasteiger partial charge in [-0.25, -0.2) is 9.78 Å². The van der Waals surface area contributed by atoms with Crippen molar-refractivity contribution >= 4 is 17.5 Å². The van der Waals surface area contributed by atoms with Crippen LogP contribution in [0.1, 0.15) is 10.4 Å². The van der Waals surface area contributed by atoms with E-state index < -0.39 is 5.97 Å². The van der Waals surface area contributed by atoms with E-state index in [2.05, 4.69) is 9.72 Å². The number of nitrogen functional groups attached to an aromatic ring is 2. The van der Waals surface area contributed by atoms with E-state index in [1.165, 1.54) is 13.3 Å². The summed E-state index contributed by atoms with van der Waals surface area (Å²) in [7, 11) is 1.32. The number of aromatic nitrogens is 1. The number of anilines is 2. The number of esters is 1. The minimum atomic E-state index is -0.445. The smallest absolute Gasteiger partial charge is 0.339 e. The van der Waals surface area contributed by atoms with Gasteiger partial charge in [-0.2, -0.15) is 0 Å². The molecule has 0 saturated heterocycles. The molecule has 0 radical (unpaired) electrons. The molecule has 5 nitrogen and oxygen atoms in total. The molecule has 1 heterocycles. The zero-order valence-electron chi connectivity index (χ0n) is 9.88. The zero-order valence-corrected chi connectivity index (χ0v) is 9.88. The van der Waals surface area contributed by atoms with Gasteiger partial charge in [0.2, 0.25) is 0 Å². The number of carbonyl (C=O) groups is 1. The number of methoxy groups -OCH3 is 1. The van der Waals surface area contributed by atoms with Gasteiger partial charge in [0, 0.05) is 17.4 Å². The third kappa shape index (κ3) is 2.24. The highest BCUT2D eigenvalue weighted by molar-refractivity contribution is 5.92. The van der Waals surface area contributed by atoms with Crippen LogP contribution >= 0.6 is 0 Å². The van der Waals surface area contributed by atoms with Gasteiger partial charge in [-0.05, 0) is 23.8 Å². The van der Waals surface area contributed by atoms with Gasteiger partial charge in [0.05, 0.1) is 12.7 Å². The summed E-state index contributed by atoms with van der Waals surface area (Å²) in [6.45, 7) is 0. The molecule has 2 rings (SSSR count). The van der Waals surface area contributed by atoms with Gasteiger partial charge in [-0.1, -0.05) is 12.1 Å². The summed E-state index contributed by atoms with van der Waals surface area (Å²) < 4.78 is 4.65. The van der Waals surface area contributed by atoms with Crippen molar-refractivity contribution < 1.29 is 9.53 Å². The first kappa shape index (κ1) is 11.9. The molecule has 18 heavy (non-hydrogen) atoms. The monoisotopic (exact) mass is 243 g/mol. The second-order valence-corrected chi connectivity index (χ2v) is 3.77. The molecule has 0 unspecified atom stereocenters. The molecule has 1 aromatic heterocycles. The third-order valence-corrected chi connectivity index (χ3v) is 2.56. The SMILES string of the molecule is COC(=O)c1cnc(N)c(-c2ccc(N)cc2)c1. The van der Waals surface area contributed by atoms with Gasteiger partial charge < -0.3 is 16.2 Å². The minimum Gasteiger partial charge on any atom is -0.465 e. The lowest BCUT2D eigenvalue weighted by Gasteiger charge is -2.07. The van der Waals surface area contributed by atoms with Crippen molar-refractivity contribution in [2.75, 3.05) is 18.6 Å². The maximum absolute atomic E-state index is 11.4. The molecule has 0 aliphatic rings. The van der Waals surface area contributed by atoms with Crippen LogP contribution in [0, 0.1) is 0 Å². The highest BCUT2D eigenvalue weighted by Gasteiger charge is 2.10. The molecule has 4 N–H and O–H groups in total. The molecule has 1 aromatic carbocycles. The van der Waals surface area contributed by atoms with E-state index in [1.54, 1.807) is 18.2 Å². The fourth-order valence-corrected chi connectivity index (χ4v) is 1.60. The van der Waals surface area contributed by atoms with Crippen LogP contribution in [0.15, 0.2) is 36.5 Å². The van der Waals surface area contributed by atoms with Crippen LogP contribution in [0.3, 0.4) is 0 Å². The topological polar surface area (TPSA) is 91.2 Å². The van der Waals surface area contributed by atoms with E-state index >= 15 is 0 Å². The van der Waals surface area contributed by atoms with E-state index in [-0.39, 0.29) is 0 Å². The maximum Gasteiger partial charge on any atom is 0.339 e. The number of ether oxygens (including phenoxy) is 1. The average Bonchev–Trinajstić information content (AvgIpc) is 2.39. The quantitative estimate of drug-likeness (QED) is 0.618. The number of benzene rings is 1. The van der Waals surface area contributed by atoms with Crippen LogP contribution in [-0.2, 0) is 4.74 Å². The first-order chi connectivity index (χ1) is 8.61. The van der Waals surface area contributed by atoms with Gasteiger partial charge >= 0.3 is 5.97 Å². The Morgan fingerprint density at radius 3 is 2.50 bits per heavy atom. The van der Waals surface area contributed by atoms with E-state index in [0.717, 1.165) is 5.56 Å². The van der Waals surface area contributed by atoms with Crippen molar-refractivity contribution in [3.05, 3.63) is 42.1 Å². The first-order valence-corrected chi connectivity index (χ1v) is 5.31. The van der Waals surface area contributed by atoms with Crippen LogP contribution in [0.2, 0.25) is 0 Å². The minimum absolute atomic E-state index is 0.354. The molecule has 0 fully saturated rings. The lowest BCUT2D eigenvalue weighted by molar-refractivity contribution is 0.0600. The molecule has 2 aromatic rings. The maximum atomic E-state index is 11.4. The summed E-state index contributed by atoms with van der Waals surface area (Å²) in [6.07, 6.45) is 1.39. The fraction of sp³-hybridized carbons (Fsp3) is 0.0769. The Hall–Kier alpha value is -2.56. The highest BCUT2D eigenvalue weighted by Crippen LogP contribution is 2.26. The number of nitrogens with two attached hydrogens (primary N) is 2. The van der Waals surface area contributed by atoms with Crippen molar-refractivity contribution in [2.45, 2.75) is 0 Å². The summed E-state index contributed by atoms with van der Waals surface area (Å²) in [5.74, 6) is -0.0911. The first-order valence-electron chi connectivity index (χ1n) is 5.31. The van der Waals surface area contributed by atoms with Crippen molar-refractivity contribution in [3.63, 3.8) is 0 Å². The van der Waals surface area contributed by atoms with Crippen LogP contribution in [-0.4, -0.2) is 18.1 Å². The van der Waals surface area contributed by atoms with Gasteiger partial charge in [0.15, 0.2) is 0 Å². The van der Waals surface area contributed by atoms with Gasteiger partial charge in [-0.3, -0.25) is 0 Å². The molecule has 0 aliphatic heterocycles. The van der Waals surface area contributed by atoms with Gasteiger partial charge in [-0.15, -0.1) is 0 Å². The summed E-state index contributed by atoms with van der Waals surface area (Å²) in [5, 5.41) is 0. The predicted octanol–water partition coefficient (Wildman–Crippen LogP) is 1.70. The number of rotatable bonds is 2. The largest absolute Gasteiger partial charge is 0.465 e. The Morgan fingerprint density at radius 2 is 1.89 bits per heavy atom. The summed E-state index contributed by atoms with van der Waals surface area (Å²) in [6, 6.07) is 8.83. The normalized spacial score (nSPS) is 10.1. The zero-order chi connectivity index (χ0) is 13.1. The molecule has 0 amide bonds. The second-order valence-electron chi connectivity index (χ2n) is 3.77. The molecular weight excluding hydrogens is 230 g/mol. The van der Waals surface area contributed by atoms with Crippen molar-refractivity contribution in [1.29, 1.82) is 0 Å². The molecule has 0 bridgehead atoms. The number of hydrogen-bond donors (Lipinski definition) is 2. The highest BCUT2D eigenvalue weighted by atomic mass is 16.5. The summed E-state index contributed by atoms with van der Waals surface area (Å²) in [5.41, 5.74) is 14.0. The van der Waals surface area contributed by atoms with E-state index in [9.17, 15) is 4.79 Å². The van der Waals surface area contributed by atoms with Gasteiger partial charge in [0.1, 0.15) is 5.82 Å². The molecule has 0 atom stereocenters. The Kier molecular flexibility index (Phi) is 3.14. The van der Waals surface area contributed by atoms with E-state index in [0.29, 0.717) is 22.6 Å². The van der Waals surface area contributed by atoms with Gasteiger partial charge in [0.25, 0.3) is 0 Å². The lowest BCUT2D eigenvalue weighted by atomic mass is 10.0. The number of hydrogen-bond acceptors (Lipinski definition) is 5. The Bertz CT molecular complexity index is 579. The van der Waals surface area contributed by atoms with Crippen LogP contribution < -0.4 is 11.5 Å². The third-order valence-electron chi connectivity index (χ3n) is 2.56. The Balaban J connectivity index is 2.49. The van der Waals surface area contributed by atoms with Crippen LogP contribution in [0.25, 0.3) is 11.1 Å². The molecule has 5 heteroatoms. The molecular formula is C13H13N3O2. The fourth-order valence-electron chi connectivity index (χ4n) is 1.60. The Morgan fingerprint density at radius 1 is 1.22 bits per heavy atom. The standard InChI is InChI=1S/C13H13N3O2/c1-18-13(17)9-6-11(12(15)16-7-9)8-2-4-10(14)5-3-8/h2-7H,14H2,1H3,(H2,15,16). The van der Waals surface area contributed by atoms with E-state index in [1.807, 2.05) is 12.1 Å². The number of nitrogens with zero attached hydrogens (tertiary/aromatic N) is 1. The average molecular weight is 243 g/mol. The molecule has 92 valence electrons. The van der Waals surface area contributed by atoms with Crippen molar-refractivity contribution in [3.8, 4) is 11.1 Å². The van der Waals surface area contributed by atoms with Crippen LogP contribution in [0.5, 0.6) is 0 Å². The van der Waals surface area contributed by atoms with Crippen LogP contribution in [0.4, 0.5) is 11.5 Å². The Labute approximate surface area is 104 Å². The predicted molar refractivity (Wildman–Crippen MR) is 69.8 cm³/mol. The summed E-state index contributed by atoms with van der Waals surface area (Å²) >= 11 is 0. The summed E-state index contributed by atoms with van der Waals surface area (Å²) in [4.78, 5) is 15.4. The number of carbonyl (C=O) groups excluding carboxylic acids is 1. The molecule has 0 saturated carbocycles.